The second-order valence-electron chi connectivity index (χ2n) is 6.30. The average Bonchev–Trinajstić information content (AvgIpc) is 3.06. The molecular formula is C20H21N. The molecule has 1 nitrogen and oxygen atoms in total. The Labute approximate surface area is 125 Å². The van der Waals surface area contributed by atoms with Crippen LogP contribution < -0.4 is 5.73 Å². The van der Waals surface area contributed by atoms with E-state index in [1.54, 1.807) is 0 Å². The Morgan fingerprint density at radius 3 is 1.90 bits per heavy atom. The molecule has 0 unspecified atom stereocenters. The monoisotopic (exact) mass is 275 g/mol. The minimum absolute atomic E-state index is 0.156. The van der Waals surface area contributed by atoms with Crippen molar-refractivity contribution in [2.24, 2.45) is 11.7 Å². The maximum Gasteiger partial charge on any atom is 0.0335 e. The van der Waals surface area contributed by atoms with Gasteiger partial charge < -0.3 is 5.73 Å². The smallest absolute Gasteiger partial charge is 0.0335 e. The Morgan fingerprint density at radius 2 is 1.33 bits per heavy atom. The summed E-state index contributed by atoms with van der Waals surface area (Å²) >= 11 is 0. The summed E-state index contributed by atoms with van der Waals surface area (Å²) in [6.45, 7) is 0. The summed E-state index contributed by atoms with van der Waals surface area (Å²) in [6.07, 6.45) is 5.22. The van der Waals surface area contributed by atoms with Gasteiger partial charge >= 0.3 is 0 Å². The van der Waals surface area contributed by atoms with E-state index in [-0.39, 0.29) is 6.04 Å². The van der Waals surface area contributed by atoms with Crippen LogP contribution in [-0.2, 0) is 0 Å². The zero-order valence-electron chi connectivity index (χ0n) is 12.3. The molecule has 0 saturated heterocycles. The van der Waals surface area contributed by atoms with Crippen LogP contribution in [0, 0.1) is 5.92 Å². The molecule has 3 aromatic rings. The predicted molar refractivity (Wildman–Crippen MR) is 90.3 cm³/mol. The summed E-state index contributed by atoms with van der Waals surface area (Å²) in [5.41, 5.74) is 8.09. The molecule has 21 heavy (non-hydrogen) atoms. The molecule has 1 saturated carbocycles. The van der Waals surface area contributed by atoms with E-state index in [1.165, 1.54) is 52.8 Å². The predicted octanol–water partition coefficient (Wildman–Crippen LogP) is 5.18. The van der Waals surface area contributed by atoms with Crippen molar-refractivity contribution in [3.63, 3.8) is 0 Å². The Morgan fingerprint density at radius 1 is 0.810 bits per heavy atom. The maximum absolute atomic E-state index is 6.73. The molecule has 4 rings (SSSR count). The molecule has 1 heteroatoms. The van der Waals surface area contributed by atoms with Crippen LogP contribution in [-0.4, -0.2) is 0 Å². The van der Waals surface area contributed by atoms with Crippen molar-refractivity contribution in [2.45, 2.75) is 31.7 Å². The van der Waals surface area contributed by atoms with Gasteiger partial charge in [-0.05, 0) is 51.9 Å². The number of fused-ring (bicyclic) bond motifs is 2. The highest BCUT2D eigenvalue weighted by atomic mass is 14.7. The quantitative estimate of drug-likeness (QED) is 0.640. The third-order valence-electron chi connectivity index (χ3n) is 5.05. The summed E-state index contributed by atoms with van der Waals surface area (Å²) in [5, 5.41) is 5.27. The van der Waals surface area contributed by atoms with Crippen LogP contribution in [0.25, 0.3) is 21.5 Å². The molecule has 0 aliphatic heterocycles. The van der Waals surface area contributed by atoms with Gasteiger partial charge in [0.2, 0.25) is 0 Å². The van der Waals surface area contributed by atoms with Gasteiger partial charge in [-0.3, -0.25) is 0 Å². The fraction of sp³-hybridized carbons (Fsp3) is 0.300. The highest BCUT2D eigenvalue weighted by Gasteiger charge is 2.25. The molecule has 0 aromatic heterocycles. The number of nitrogens with two attached hydrogens (primary N) is 1. The van der Waals surface area contributed by atoms with Gasteiger partial charge in [-0.2, -0.15) is 0 Å². The van der Waals surface area contributed by atoms with Crippen molar-refractivity contribution in [2.75, 3.05) is 0 Å². The lowest BCUT2D eigenvalue weighted by Gasteiger charge is -2.23. The van der Waals surface area contributed by atoms with Gasteiger partial charge in [0.1, 0.15) is 0 Å². The number of hydrogen-bond acceptors (Lipinski definition) is 1. The first-order chi connectivity index (χ1) is 10.3. The van der Waals surface area contributed by atoms with Gasteiger partial charge in [-0.25, -0.2) is 0 Å². The summed E-state index contributed by atoms with van der Waals surface area (Å²) in [6, 6.07) is 19.8. The van der Waals surface area contributed by atoms with E-state index in [4.69, 9.17) is 5.73 Å². The molecule has 106 valence electrons. The molecule has 0 radical (unpaired) electrons. The first-order valence-corrected chi connectivity index (χ1v) is 8.00. The molecule has 1 aliphatic carbocycles. The minimum Gasteiger partial charge on any atom is -0.324 e. The molecule has 1 fully saturated rings. The van der Waals surface area contributed by atoms with Crippen molar-refractivity contribution in [3.05, 3.63) is 60.2 Å². The first-order valence-electron chi connectivity index (χ1n) is 8.00. The zero-order chi connectivity index (χ0) is 14.2. The van der Waals surface area contributed by atoms with Gasteiger partial charge in [0.15, 0.2) is 0 Å². The Balaban J connectivity index is 2.01. The van der Waals surface area contributed by atoms with E-state index in [0.29, 0.717) is 5.92 Å². The molecule has 3 aromatic carbocycles. The van der Waals surface area contributed by atoms with E-state index in [1.807, 2.05) is 0 Å². The Bertz CT molecular complexity index is 730. The molecule has 2 N–H and O–H groups in total. The number of rotatable bonds is 2. The van der Waals surface area contributed by atoms with Crippen LogP contribution in [0.3, 0.4) is 0 Å². The lowest BCUT2D eigenvalue weighted by atomic mass is 9.86. The summed E-state index contributed by atoms with van der Waals surface area (Å²) < 4.78 is 0. The lowest BCUT2D eigenvalue weighted by Crippen LogP contribution is -2.19. The lowest BCUT2D eigenvalue weighted by molar-refractivity contribution is 0.449. The van der Waals surface area contributed by atoms with Crippen LogP contribution in [0.1, 0.15) is 37.3 Å². The van der Waals surface area contributed by atoms with Crippen LogP contribution in [0.4, 0.5) is 0 Å². The zero-order valence-corrected chi connectivity index (χ0v) is 12.3. The fourth-order valence-corrected chi connectivity index (χ4v) is 3.96. The van der Waals surface area contributed by atoms with E-state index in [0.717, 1.165) is 0 Å². The Hall–Kier alpha value is -1.86. The summed E-state index contributed by atoms with van der Waals surface area (Å²) in [7, 11) is 0. The summed E-state index contributed by atoms with van der Waals surface area (Å²) in [4.78, 5) is 0. The normalized spacial score (nSPS) is 17.6. The van der Waals surface area contributed by atoms with Gasteiger partial charge in [0.05, 0.1) is 0 Å². The number of hydrogen-bond donors (Lipinski definition) is 1. The second kappa shape index (κ2) is 5.16. The van der Waals surface area contributed by atoms with Gasteiger partial charge in [-0.1, -0.05) is 61.4 Å². The number of benzene rings is 3. The molecule has 0 bridgehead atoms. The van der Waals surface area contributed by atoms with Crippen LogP contribution >= 0.6 is 0 Å². The fourth-order valence-electron chi connectivity index (χ4n) is 3.96. The highest BCUT2D eigenvalue weighted by molar-refractivity contribution is 6.02. The van der Waals surface area contributed by atoms with Crippen molar-refractivity contribution >= 4 is 21.5 Å². The molecule has 0 amide bonds. The molecule has 0 spiro atoms. The molecular weight excluding hydrogens is 254 g/mol. The van der Waals surface area contributed by atoms with E-state index < -0.39 is 0 Å². The van der Waals surface area contributed by atoms with Crippen molar-refractivity contribution < 1.29 is 0 Å². The topological polar surface area (TPSA) is 26.0 Å². The van der Waals surface area contributed by atoms with Gasteiger partial charge in [-0.15, -0.1) is 0 Å². The van der Waals surface area contributed by atoms with Crippen LogP contribution in [0.5, 0.6) is 0 Å². The van der Waals surface area contributed by atoms with Crippen molar-refractivity contribution in [1.82, 2.24) is 0 Å². The molecule has 1 atom stereocenters. The summed E-state index contributed by atoms with van der Waals surface area (Å²) in [5.74, 6) is 0.638. The average molecular weight is 275 g/mol. The maximum atomic E-state index is 6.73. The van der Waals surface area contributed by atoms with Gasteiger partial charge in [0.25, 0.3) is 0 Å². The van der Waals surface area contributed by atoms with Crippen LogP contribution in [0.15, 0.2) is 54.6 Å². The highest BCUT2D eigenvalue weighted by Crippen LogP contribution is 2.40. The third kappa shape index (κ3) is 2.13. The molecule has 1 aliphatic rings. The van der Waals surface area contributed by atoms with Gasteiger partial charge in [0, 0.05) is 6.04 Å². The molecule has 0 heterocycles. The SMILES string of the molecule is N[C@@H](c1c2ccccc2cc2ccccc12)C1CCCC1. The minimum atomic E-state index is 0.156. The van der Waals surface area contributed by atoms with Crippen molar-refractivity contribution in [1.29, 1.82) is 0 Å². The standard InChI is InChI=1S/C20H21N/c21-20(14-7-1-2-8-14)19-17-11-5-3-9-15(17)13-16-10-4-6-12-18(16)19/h3-6,9-14,20H,1-2,7-8,21H2/t20-/m1/s1. The second-order valence-corrected chi connectivity index (χ2v) is 6.30. The van der Waals surface area contributed by atoms with E-state index in [2.05, 4.69) is 54.6 Å². The third-order valence-corrected chi connectivity index (χ3v) is 5.05. The van der Waals surface area contributed by atoms with E-state index in [9.17, 15) is 0 Å². The van der Waals surface area contributed by atoms with Crippen molar-refractivity contribution in [3.8, 4) is 0 Å². The first kappa shape index (κ1) is 12.8. The largest absolute Gasteiger partial charge is 0.324 e. The van der Waals surface area contributed by atoms with E-state index >= 15 is 0 Å². The Kier molecular flexibility index (Phi) is 3.16. The van der Waals surface area contributed by atoms with Crippen LogP contribution in [0.2, 0.25) is 0 Å².